The summed E-state index contributed by atoms with van der Waals surface area (Å²) < 4.78 is 33.4. The van der Waals surface area contributed by atoms with Crippen molar-refractivity contribution < 1.29 is 13.2 Å². The third kappa shape index (κ3) is 4.05. The van der Waals surface area contributed by atoms with Gasteiger partial charge in [-0.05, 0) is 42.4 Å². The summed E-state index contributed by atoms with van der Waals surface area (Å²) in [5, 5.41) is 3.21. The van der Waals surface area contributed by atoms with Gasteiger partial charge >= 0.3 is 0 Å². The van der Waals surface area contributed by atoms with Crippen LogP contribution in [-0.2, 0) is 21.3 Å². The molecule has 0 amide bonds. The first-order chi connectivity index (χ1) is 9.84. The van der Waals surface area contributed by atoms with Crippen LogP contribution in [-0.4, -0.2) is 44.6 Å². The minimum Gasteiger partial charge on any atom is -0.373 e. The van der Waals surface area contributed by atoms with Gasteiger partial charge in [0.05, 0.1) is 16.0 Å². The molecule has 8 heteroatoms. The van der Waals surface area contributed by atoms with Crippen molar-refractivity contribution in [3.05, 3.63) is 14.7 Å². The SMILES string of the molecule is CCNCc1cc(S(=O)(=O)N2CC(C)OC(C)C2)c(Br)s1. The topological polar surface area (TPSA) is 58.6 Å². The predicted molar refractivity (Wildman–Crippen MR) is 88.2 cm³/mol. The molecule has 1 fully saturated rings. The van der Waals surface area contributed by atoms with Crippen molar-refractivity contribution in [2.45, 2.75) is 44.4 Å². The van der Waals surface area contributed by atoms with E-state index in [2.05, 4.69) is 21.2 Å². The molecule has 21 heavy (non-hydrogen) atoms. The van der Waals surface area contributed by atoms with Gasteiger partial charge in [-0.1, -0.05) is 6.92 Å². The molecular weight excluding hydrogens is 376 g/mol. The Morgan fingerprint density at radius 2 is 2.05 bits per heavy atom. The fraction of sp³-hybridized carbons (Fsp3) is 0.692. The van der Waals surface area contributed by atoms with Crippen LogP contribution >= 0.6 is 27.3 Å². The maximum Gasteiger partial charge on any atom is 0.245 e. The number of hydrogen-bond acceptors (Lipinski definition) is 5. The normalized spacial score (nSPS) is 24.4. The molecule has 1 aromatic rings. The van der Waals surface area contributed by atoms with Crippen LogP contribution < -0.4 is 5.32 Å². The molecule has 2 unspecified atom stereocenters. The van der Waals surface area contributed by atoms with Gasteiger partial charge in [-0.3, -0.25) is 0 Å². The van der Waals surface area contributed by atoms with Gasteiger partial charge in [-0.2, -0.15) is 4.31 Å². The van der Waals surface area contributed by atoms with Crippen LogP contribution in [0.2, 0.25) is 0 Å². The number of nitrogens with zero attached hydrogens (tertiary/aromatic N) is 1. The average molecular weight is 397 g/mol. The van der Waals surface area contributed by atoms with Crippen LogP contribution in [0.1, 0.15) is 25.6 Å². The first-order valence-corrected chi connectivity index (χ1v) is 10.0. The van der Waals surface area contributed by atoms with Gasteiger partial charge < -0.3 is 10.1 Å². The number of morpholine rings is 1. The van der Waals surface area contributed by atoms with E-state index in [-0.39, 0.29) is 12.2 Å². The molecule has 0 saturated carbocycles. The molecule has 0 aliphatic carbocycles. The first-order valence-electron chi connectivity index (χ1n) is 6.99. The average Bonchev–Trinajstić information content (AvgIpc) is 2.77. The third-order valence-electron chi connectivity index (χ3n) is 3.26. The Labute approximate surface area is 138 Å². The van der Waals surface area contributed by atoms with Crippen molar-refractivity contribution in [3.8, 4) is 0 Å². The van der Waals surface area contributed by atoms with E-state index in [0.29, 0.717) is 28.3 Å². The Bertz CT molecular complexity index is 578. The van der Waals surface area contributed by atoms with Crippen molar-refractivity contribution in [2.75, 3.05) is 19.6 Å². The molecule has 1 N–H and O–H groups in total. The Morgan fingerprint density at radius 3 is 2.62 bits per heavy atom. The third-order valence-corrected chi connectivity index (χ3v) is 7.34. The lowest BCUT2D eigenvalue weighted by atomic mass is 10.3. The van der Waals surface area contributed by atoms with Gasteiger partial charge in [-0.15, -0.1) is 11.3 Å². The van der Waals surface area contributed by atoms with Crippen LogP contribution in [0, 0.1) is 0 Å². The highest BCUT2D eigenvalue weighted by Crippen LogP contribution is 2.34. The molecule has 0 bridgehead atoms. The Morgan fingerprint density at radius 1 is 1.43 bits per heavy atom. The molecule has 2 heterocycles. The fourth-order valence-corrected chi connectivity index (χ4v) is 6.57. The Kier molecular flexibility index (Phi) is 5.84. The second-order valence-corrected chi connectivity index (χ2v) is 9.57. The molecule has 1 aromatic heterocycles. The first kappa shape index (κ1) is 17.4. The molecule has 0 aromatic carbocycles. The monoisotopic (exact) mass is 396 g/mol. The number of hydrogen-bond donors (Lipinski definition) is 1. The van der Waals surface area contributed by atoms with Crippen molar-refractivity contribution >= 4 is 37.3 Å². The van der Waals surface area contributed by atoms with E-state index >= 15 is 0 Å². The number of sulfonamides is 1. The van der Waals surface area contributed by atoms with E-state index in [4.69, 9.17) is 4.74 Å². The maximum absolute atomic E-state index is 12.8. The Balaban J connectivity index is 2.24. The van der Waals surface area contributed by atoms with E-state index < -0.39 is 10.0 Å². The van der Waals surface area contributed by atoms with Gasteiger partial charge in [0.15, 0.2) is 0 Å². The van der Waals surface area contributed by atoms with Gasteiger partial charge in [0.1, 0.15) is 4.90 Å². The quantitative estimate of drug-likeness (QED) is 0.829. The molecule has 2 rings (SSSR count). The van der Waals surface area contributed by atoms with Crippen LogP contribution in [0.4, 0.5) is 0 Å². The maximum atomic E-state index is 12.8. The van der Waals surface area contributed by atoms with Crippen molar-refractivity contribution in [1.29, 1.82) is 0 Å². The second-order valence-electron chi connectivity index (χ2n) is 5.21. The van der Waals surface area contributed by atoms with Crippen molar-refractivity contribution in [1.82, 2.24) is 9.62 Å². The molecule has 0 spiro atoms. The number of thiophene rings is 1. The molecule has 120 valence electrons. The van der Waals surface area contributed by atoms with Gasteiger partial charge in [-0.25, -0.2) is 8.42 Å². The zero-order valence-corrected chi connectivity index (χ0v) is 15.6. The largest absolute Gasteiger partial charge is 0.373 e. The summed E-state index contributed by atoms with van der Waals surface area (Å²) in [6.45, 7) is 8.17. The lowest BCUT2D eigenvalue weighted by molar-refractivity contribution is -0.0440. The number of halogens is 1. The molecule has 5 nitrogen and oxygen atoms in total. The highest BCUT2D eigenvalue weighted by molar-refractivity contribution is 9.11. The smallest absolute Gasteiger partial charge is 0.245 e. The van der Waals surface area contributed by atoms with E-state index in [1.807, 2.05) is 20.8 Å². The zero-order valence-electron chi connectivity index (χ0n) is 12.4. The summed E-state index contributed by atoms with van der Waals surface area (Å²) in [6.07, 6.45) is -0.163. The molecule has 1 aliphatic rings. The fourth-order valence-electron chi connectivity index (χ4n) is 2.38. The van der Waals surface area contributed by atoms with E-state index in [1.54, 1.807) is 6.07 Å². The molecular formula is C13H21BrN2O3S2. The van der Waals surface area contributed by atoms with Crippen LogP contribution in [0.5, 0.6) is 0 Å². The zero-order chi connectivity index (χ0) is 15.6. The molecule has 0 radical (unpaired) electrons. The van der Waals surface area contributed by atoms with Crippen LogP contribution in [0.25, 0.3) is 0 Å². The lowest BCUT2D eigenvalue weighted by Gasteiger charge is -2.34. The highest BCUT2D eigenvalue weighted by atomic mass is 79.9. The van der Waals surface area contributed by atoms with E-state index in [1.165, 1.54) is 15.6 Å². The van der Waals surface area contributed by atoms with E-state index in [9.17, 15) is 8.42 Å². The molecule has 2 atom stereocenters. The van der Waals surface area contributed by atoms with Gasteiger partial charge in [0.2, 0.25) is 10.0 Å². The number of ether oxygens (including phenoxy) is 1. The molecule has 1 saturated heterocycles. The summed E-state index contributed by atoms with van der Waals surface area (Å²) in [5.41, 5.74) is 0. The molecule has 1 aliphatic heterocycles. The summed E-state index contributed by atoms with van der Waals surface area (Å²) >= 11 is 4.86. The predicted octanol–water partition coefficient (Wildman–Crippen LogP) is 2.42. The standard InChI is InChI=1S/C13H21BrN2O3S2/c1-4-15-6-11-5-12(13(14)20-11)21(17,18)16-7-9(2)19-10(3)8-16/h5,9-10,15H,4,6-8H2,1-3H3. The highest BCUT2D eigenvalue weighted by Gasteiger charge is 2.34. The minimum absolute atomic E-state index is 0.0813. The van der Waals surface area contributed by atoms with Gasteiger partial charge in [0.25, 0.3) is 0 Å². The lowest BCUT2D eigenvalue weighted by Crippen LogP contribution is -2.48. The summed E-state index contributed by atoms with van der Waals surface area (Å²) in [5.74, 6) is 0. The Hall–Kier alpha value is 0.01000. The summed E-state index contributed by atoms with van der Waals surface area (Å²) in [6, 6.07) is 1.76. The number of rotatable bonds is 5. The number of nitrogens with one attached hydrogen (secondary N) is 1. The van der Waals surface area contributed by atoms with Crippen molar-refractivity contribution in [2.24, 2.45) is 0 Å². The van der Waals surface area contributed by atoms with Crippen LogP contribution in [0.3, 0.4) is 0 Å². The summed E-state index contributed by atoms with van der Waals surface area (Å²) in [7, 11) is -3.47. The van der Waals surface area contributed by atoms with E-state index in [0.717, 1.165) is 11.4 Å². The summed E-state index contributed by atoms with van der Waals surface area (Å²) in [4.78, 5) is 1.37. The second kappa shape index (κ2) is 7.06. The minimum atomic E-state index is -3.47. The van der Waals surface area contributed by atoms with Crippen LogP contribution in [0.15, 0.2) is 14.7 Å². The van der Waals surface area contributed by atoms with Crippen molar-refractivity contribution in [3.63, 3.8) is 0 Å². The van der Waals surface area contributed by atoms with Gasteiger partial charge in [0, 0.05) is 24.5 Å².